The van der Waals surface area contributed by atoms with Crippen molar-refractivity contribution >= 4 is 23.5 Å². The largest absolute Gasteiger partial charge is 0.497 e. The van der Waals surface area contributed by atoms with Crippen LogP contribution in [0.2, 0.25) is 0 Å². The summed E-state index contributed by atoms with van der Waals surface area (Å²) >= 11 is 0. The van der Waals surface area contributed by atoms with Crippen molar-refractivity contribution in [2.45, 2.75) is 13.0 Å². The number of amides is 2. The molecule has 0 aliphatic carbocycles. The highest BCUT2D eigenvalue weighted by atomic mass is 16.5. The van der Waals surface area contributed by atoms with E-state index in [1.807, 2.05) is 12.1 Å². The summed E-state index contributed by atoms with van der Waals surface area (Å²) in [5, 5.41) is 2.80. The number of carbonyl (C=O) groups is 2. The maximum absolute atomic E-state index is 12.6. The third-order valence-electron chi connectivity index (χ3n) is 4.51. The second-order valence-corrected chi connectivity index (χ2v) is 6.76. The highest BCUT2D eigenvalue weighted by molar-refractivity contribution is 6.00. The van der Waals surface area contributed by atoms with Crippen LogP contribution >= 0.6 is 0 Å². The second-order valence-electron chi connectivity index (χ2n) is 6.76. The summed E-state index contributed by atoms with van der Waals surface area (Å²) in [5.74, 6) is 0.684. The smallest absolute Gasteiger partial charge is 0.321 e. The molecule has 1 atom stereocenters. The van der Waals surface area contributed by atoms with Crippen molar-refractivity contribution in [3.63, 3.8) is 0 Å². The number of nitrogens with one attached hydrogen (secondary N) is 1. The number of rotatable bonds is 7. The number of benzene rings is 1. The Labute approximate surface area is 168 Å². The van der Waals surface area contributed by atoms with E-state index >= 15 is 0 Å². The van der Waals surface area contributed by atoms with E-state index in [1.165, 1.54) is 7.11 Å². The maximum atomic E-state index is 12.6. The quantitative estimate of drug-likeness (QED) is 0.720. The van der Waals surface area contributed by atoms with Gasteiger partial charge in [-0.1, -0.05) is 6.07 Å². The molecule has 2 aromatic rings. The topological polar surface area (TPSA) is 110 Å². The number of nitrogens with zero attached hydrogens (tertiary/aromatic N) is 5. The van der Waals surface area contributed by atoms with Crippen LogP contribution in [0.25, 0.3) is 0 Å². The van der Waals surface area contributed by atoms with Gasteiger partial charge in [-0.05, 0) is 12.1 Å². The first-order valence-electron chi connectivity index (χ1n) is 9.09. The first-order chi connectivity index (χ1) is 13.9. The summed E-state index contributed by atoms with van der Waals surface area (Å²) < 4.78 is 10.3. The number of aromatic nitrogens is 3. The fourth-order valence-corrected chi connectivity index (χ4v) is 2.98. The van der Waals surface area contributed by atoms with Crippen molar-refractivity contribution < 1.29 is 19.1 Å². The average molecular weight is 400 g/mol. The van der Waals surface area contributed by atoms with Gasteiger partial charge in [0.15, 0.2) is 5.82 Å². The van der Waals surface area contributed by atoms with Crippen LogP contribution in [0.3, 0.4) is 0 Å². The number of ether oxygens (including phenoxy) is 2. The average Bonchev–Trinajstić information content (AvgIpc) is 3.13. The molecular weight excluding hydrogens is 376 g/mol. The van der Waals surface area contributed by atoms with Gasteiger partial charge in [0.2, 0.25) is 17.8 Å². The predicted molar refractivity (Wildman–Crippen MR) is 106 cm³/mol. The fourth-order valence-electron chi connectivity index (χ4n) is 2.98. The fraction of sp³-hybridized carbons (Fsp3) is 0.421. The standard InChI is InChI=1S/C19H24N6O4/c1-24(2)18-21-15(22-19(23-18)29-4)10-20-17(27)12-8-16(26)25(11-12)13-6-5-7-14(9-13)28-3/h5-7,9,12H,8,10-11H2,1-4H3,(H,20,27). The molecule has 1 saturated heterocycles. The minimum atomic E-state index is -0.453. The van der Waals surface area contributed by atoms with Crippen LogP contribution < -0.4 is 24.6 Å². The van der Waals surface area contributed by atoms with Crippen molar-refractivity contribution in [3.05, 3.63) is 30.1 Å². The Bertz CT molecular complexity index is 904. The highest BCUT2D eigenvalue weighted by Crippen LogP contribution is 2.28. The first kappa shape index (κ1) is 20.3. The minimum absolute atomic E-state index is 0.102. The third-order valence-corrected chi connectivity index (χ3v) is 4.51. The molecule has 1 N–H and O–H groups in total. The first-order valence-corrected chi connectivity index (χ1v) is 9.09. The molecule has 1 aromatic carbocycles. The van der Waals surface area contributed by atoms with Crippen LogP contribution in [0.5, 0.6) is 11.8 Å². The molecule has 1 aromatic heterocycles. The molecule has 0 saturated carbocycles. The molecule has 0 bridgehead atoms. The Morgan fingerprint density at radius 2 is 2.03 bits per heavy atom. The van der Waals surface area contributed by atoms with E-state index in [0.29, 0.717) is 29.8 Å². The van der Waals surface area contributed by atoms with Crippen LogP contribution in [0.1, 0.15) is 12.2 Å². The van der Waals surface area contributed by atoms with Gasteiger partial charge < -0.3 is 24.6 Å². The van der Waals surface area contributed by atoms with E-state index < -0.39 is 5.92 Å². The predicted octanol–water partition coefficient (Wildman–Crippen LogP) is 0.624. The SMILES string of the molecule is COc1cccc(N2CC(C(=O)NCc3nc(OC)nc(N(C)C)n3)CC2=O)c1. The van der Waals surface area contributed by atoms with E-state index in [9.17, 15) is 9.59 Å². The number of carbonyl (C=O) groups excluding carboxylic acids is 2. The van der Waals surface area contributed by atoms with Crippen LogP contribution in [0.4, 0.5) is 11.6 Å². The summed E-state index contributed by atoms with van der Waals surface area (Å²) in [7, 11) is 6.64. The lowest BCUT2D eigenvalue weighted by Crippen LogP contribution is -2.33. The lowest BCUT2D eigenvalue weighted by molar-refractivity contribution is -0.126. The molecular formula is C19H24N6O4. The molecule has 0 spiro atoms. The summed E-state index contributed by atoms with van der Waals surface area (Å²) in [6.45, 7) is 0.420. The summed E-state index contributed by atoms with van der Waals surface area (Å²) in [5.41, 5.74) is 0.711. The molecule has 1 aliphatic heterocycles. The highest BCUT2D eigenvalue weighted by Gasteiger charge is 2.35. The molecule has 1 unspecified atom stereocenters. The van der Waals surface area contributed by atoms with Gasteiger partial charge in [-0.15, -0.1) is 0 Å². The molecule has 1 fully saturated rings. The molecule has 0 radical (unpaired) electrons. The normalized spacial score (nSPS) is 15.9. The summed E-state index contributed by atoms with van der Waals surface area (Å²) in [6, 6.07) is 7.39. The minimum Gasteiger partial charge on any atom is -0.497 e. The molecule has 3 rings (SSSR count). The van der Waals surface area contributed by atoms with Crippen LogP contribution in [-0.4, -0.2) is 61.6 Å². The van der Waals surface area contributed by atoms with Gasteiger partial charge in [-0.25, -0.2) is 0 Å². The molecule has 2 heterocycles. The van der Waals surface area contributed by atoms with Gasteiger partial charge in [0, 0.05) is 38.8 Å². The molecule has 154 valence electrons. The van der Waals surface area contributed by atoms with Gasteiger partial charge >= 0.3 is 6.01 Å². The second kappa shape index (κ2) is 8.72. The Balaban J connectivity index is 1.64. The van der Waals surface area contributed by atoms with E-state index in [2.05, 4.69) is 20.3 Å². The summed E-state index contributed by atoms with van der Waals surface area (Å²) in [4.78, 5) is 40.9. The van der Waals surface area contributed by atoms with Crippen molar-refractivity contribution in [3.8, 4) is 11.8 Å². The molecule has 2 amide bonds. The third kappa shape index (κ3) is 4.71. The van der Waals surface area contributed by atoms with Crippen LogP contribution in [0.15, 0.2) is 24.3 Å². The van der Waals surface area contributed by atoms with E-state index in [0.717, 1.165) is 0 Å². The van der Waals surface area contributed by atoms with Gasteiger partial charge in [-0.3, -0.25) is 9.59 Å². The number of hydrogen-bond donors (Lipinski definition) is 1. The Hall–Kier alpha value is -3.43. The molecule has 10 heteroatoms. The zero-order valence-electron chi connectivity index (χ0n) is 16.9. The Morgan fingerprint density at radius 3 is 2.72 bits per heavy atom. The maximum Gasteiger partial charge on any atom is 0.321 e. The van der Waals surface area contributed by atoms with Gasteiger partial charge in [0.1, 0.15) is 5.75 Å². The van der Waals surface area contributed by atoms with Gasteiger partial charge in [0.05, 0.1) is 26.7 Å². The molecule has 29 heavy (non-hydrogen) atoms. The molecule has 10 nitrogen and oxygen atoms in total. The zero-order valence-corrected chi connectivity index (χ0v) is 16.9. The number of hydrogen-bond acceptors (Lipinski definition) is 8. The number of methoxy groups -OCH3 is 2. The van der Waals surface area contributed by atoms with E-state index in [-0.39, 0.29) is 30.8 Å². The lowest BCUT2D eigenvalue weighted by Gasteiger charge is -2.17. The lowest BCUT2D eigenvalue weighted by atomic mass is 10.1. The van der Waals surface area contributed by atoms with E-state index in [4.69, 9.17) is 9.47 Å². The van der Waals surface area contributed by atoms with Crippen molar-refractivity contribution in [2.24, 2.45) is 5.92 Å². The zero-order chi connectivity index (χ0) is 21.0. The van der Waals surface area contributed by atoms with Crippen molar-refractivity contribution in [1.29, 1.82) is 0 Å². The monoisotopic (exact) mass is 400 g/mol. The molecule has 1 aliphatic rings. The van der Waals surface area contributed by atoms with Crippen LogP contribution in [-0.2, 0) is 16.1 Å². The van der Waals surface area contributed by atoms with Crippen molar-refractivity contribution in [2.75, 3.05) is 44.7 Å². The van der Waals surface area contributed by atoms with Crippen molar-refractivity contribution in [1.82, 2.24) is 20.3 Å². The summed E-state index contributed by atoms with van der Waals surface area (Å²) in [6.07, 6.45) is 0.145. The van der Waals surface area contributed by atoms with Gasteiger partial charge in [0.25, 0.3) is 0 Å². The van der Waals surface area contributed by atoms with Crippen LogP contribution in [0, 0.1) is 5.92 Å². The Morgan fingerprint density at radius 1 is 1.24 bits per heavy atom. The Kier molecular flexibility index (Phi) is 6.10. The number of anilines is 2. The van der Waals surface area contributed by atoms with Gasteiger partial charge in [-0.2, -0.15) is 15.0 Å². The van der Waals surface area contributed by atoms with E-state index in [1.54, 1.807) is 43.1 Å².